The van der Waals surface area contributed by atoms with E-state index in [1.807, 2.05) is 7.05 Å². The van der Waals surface area contributed by atoms with Gasteiger partial charge in [0.05, 0.1) is 0 Å². The number of unbranched alkanes of at least 4 members (excludes halogenated alkanes) is 15. The second kappa shape index (κ2) is 29.2. The zero-order valence-corrected chi connectivity index (χ0v) is 24.6. The Morgan fingerprint density at radius 1 is 0.703 bits per heavy atom. The number of carbonyl (C=O) groups excluding carboxylic acids is 2. The lowest BCUT2D eigenvalue weighted by molar-refractivity contribution is -0.129. The highest BCUT2D eigenvalue weighted by Gasteiger charge is 2.19. The Morgan fingerprint density at radius 3 is 1.89 bits per heavy atom. The van der Waals surface area contributed by atoms with E-state index in [-0.39, 0.29) is 11.8 Å². The number of carbonyl (C=O) groups is 2. The van der Waals surface area contributed by atoms with Gasteiger partial charge in [-0.2, -0.15) is 0 Å². The maximum atomic E-state index is 12.6. The maximum Gasteiger partial charge on any atom is 0.242 e. The van der Waals surface area contributed by atoms with E-state index in [1.165, 1.54) is 83.5 Å². The Labute approximate surface area is 229 Å². The van der Waals surface area contributed by atoms with Crippen LogP contribution in [0, 0.1) is 0 Å². The van der Waals surface area contributed by atoms with Crippen LogP contribution in [0.2, 0.25) is 0 Å². The first kappa shape index (κ1) is 35.6. The Balaban J connectivity index is 3.89. The molecule has 0 saturated heterocycles. The predicted octanol–water partition coefficient (Wildman–Crippen LogP) is 6.53. The average molecular weight is 523 g/mol. The zero-order valence-electron chi connectivity index (χ0n) is 24.6. The van der Waals surface area contributed by atoms with Crippen LogP contribution < -0.4 is 21.7 Å². The van der Waals surface area contributed by atoms with Gasteiger partial charge in [0, 0.05) is 13.0 Å². The second-order valence-corrected chi connectivity index (χ2v) is 10.5. The number of nitrogens with two attached hydrogens (primary N) is 1. The van der Waals surface area contributed by atoms with Crippen molar-refractivity contribution in [1.82, 2.24) is 16.0 Å². The molecule has 0 aliphatic heterocycles. The molecule has 0 aromatic rings. The van der Waals surface area contributed by atoms with Crippen LogP contribution in [0.4, 0.5) is 0 Å². The van der Waals surface area contributed by atoms with E-state index in [0.29, 0.717) is 25.9 Å². The fourth-order valence-corrected chi connectivity index (χ4v) is 4.50. The molecule has 2 amide bonds. The first-order chi connectivity index (χ1) is 18.2. The summed E-state index contributed by atoms with van der Waals surface area (Å²) in [4.78, 5) is 25.1. The van der Waals surface area contributed by atoms with E-state index in [2.05, 4.69) is 35.0 Å². The van der Waals surface area contributed by atoms with Crippen molar-refractivity contribution in [3.63, 3.8) is 0 Å². The molecule has 37 heavy (non-hydrogen) atoms. The van der Waals surface area contributed by atoms with Crippen LogP contribution in [0.25, 0.3) is 0 Å². The van der Waals surface area contributed by atoms with Gasteiger partial charge >= 0.3 is 0 Å². The normalized spacial score (nSPS) is 12.2. The molecule has 0 aromatic heterocycles. The van der Waals surface area contributed by atoms with Crippen molar-refractivity contribution in [3.8, 4) is 0 Å². The molecule has 0 fully saturated rings. The SMILES string of the molecule is CCCCCCCCC=CCCCCCCCC(=O)NC(CCCCN)C(=O)NCCCCCCNC. The number of hydrogen-bond acceptors (Lipinski definition) is 4. The largest absolute Gasteiger partial charge is 0.354 e. The van der Waals surface area contributed by atoms with E-state index < -0.39 is 6.04 Å². The molecular formula is C31H62N4O2. The molecule has 6 nitrogen and oxygen atoms in total. The molecule has 0 heterocycles. The molecule has 0 spiro atoms. The highest BCUT2D eigenvalue weighted by molar-refractivity contribution is 5.87. The van der Waals surface area contributed by atoms with Crippen LogP contribution in [0.3, 0.4) is 0 Å². The first-order valence-corrected chi connectivity index (χ1v) is 15.7. The quantitative estimate of drug-likeness (QED) is 0.0693. The lowest BCUT2D eigenvalue weighted by Gasteiger charge is -2.18. The third-order valence-electron chi connectivity index (χ3n) is 6.92. The van der Waals surface area contributed by atoms with Gasteiger partial charge in [-0.05, 0) is 84.3 Å². The average Bonchev–Trinajstić information content (AvgIpc) is 2.89. The van der Waals surface area contributed by atoms with Gasteiger partial charge in [0.1, 0.15) is 6.04 Å². The summed E-state index contributed by atoms with van der Waals surface area (Å²) in [7, 11) is 1.97. The van der Waals surface area contributed by atoms with Crippen molar-refractivity contribution >= 4 is 11.8 Å². The summed E-state index contributed by atoms with van der Waals surface area (Å²) in [6, 6.07) is -0.438. The van der Waals surface area contributed by atoms with E-state index in [9.17, 15) is 9.59 Å². The molecule has 0 aliphatic carbocycles. The molecule has 6 heteroatoms. The summed E-state index contributed by atoms with van der Waals surface area (Å²) in [6.07, 6.45) is 28.2. The molecule has 218 valence electrons. The van der Waals surface area contributed by atoms with E-state index >= 15 is 0 Å². The second-order valence-electron chi connectivity index (χ2n) is 10.5. The topological polar surface area (TPSA) is 96.2 Å². The van der Waals surface area contributed by atoms with Crippen LogP contribution in [0.5, 0.6) is 0 Å². The van der Waals surface area contributed by atoms with Crippen molar-refractivity contribution in [2.45, 2.75) is 148 Å². The van der Waals surface area contributed by atoms with Gasteiger partial charge in [-0.1, -0.05) is 83.3 Å². The van der Waals surface area contributed by atoms with Crippen molar-refractivity contribution in [2.75, 3.05) is 26.7 Å². The molecule has 0 rings (SSSR count). The number of allylic oxidation sites excluding steroid dienone is 2. The smallest absolute Gasteiger partial charge is 0.242 e. The molecule has 0 aromatic carbocycles. The van der Waals surface area contributed by atoms with Crippen LogP contribution in [0.15, 0.2) is 12.2 Å². The van der Waals surface area contributed by atoms with Gasteiger partial charge in [0.15, 0.2) is 0 Å². The minimum atomic E-state index is -0.438. The highest BCUT2D eigenvalue weighted by atomic mass is 16.2. The summed E-state index contributed by atoms with van der Waals surface area (Å²) in [6.45, 7) is 4.60. The molecule has 1 atom stereocenters. The van der Waals surface area contributed by atoms with Gasteiger partial charge < -0.3 is 21.7 Å². The van der Waals surface area contributed by atoms with Gasteiger partial charge in [0.2, 0.25) is 11.8 Å². The summed E-state index contributed by atoms with van der Waals surface area (Å²) in [5, 5.41) is 9.16. The zero-order chi connectivity index (χ0) is 27.2. The standard InChI is InChI=1S/C31H62N4O2/c1-3-4-5-6-7-8-9-10-11-12-13-14-15-16-19-25-30(36)35-29(24-20-21-26-32)31(37)34-28-23-18-17-22-27-33-2/h10-11,29,33H,3-9,12-28,32H2,1-2H3,(H,34,37)(H,35,36). The fourth-order valence-electron chi connectivity index (χ4n) is 4.50. The summed E-state index contributed by atoms with van der Waals surface area (Å²) in [5.41, 5.74) is 5.61. The molecule has 1 unspecified atom stereocenters. The van der Waals surface area contributed by atoms with Crippen LogP contribution >= 0.6 is 0 Å². The lowest BCUT2D eigenvalue weighted by atomic mass is 10.1. The monoisotopic (exact) mass is 522 g/mol. The number of rotatable bonds is 28. The Bertz CT molecular complexity index is 539. The number of nitrogens with one attached hydrogen (secondary N) is 3. The van der Waals surface area contributed by atoms with Gasteiger partial charge in [-0.25, -0.2) is 0 Å². The van der Waals surface area contributed by atoms with Crippen molar-refractivity contribution < 1.29 is 9.59 Å². The third kappa shape index (κ3) is 26.0. The van der Waals surface area contributed by atoms with Crippen LogP contribution in [-0.2, 0) is 9.59 Å². The lowest BCUT2D eigenvalue weighted by Crippen LogP contribution is -2.47. The van der Waals surface area contributed by atoms with Crippen LogP contribution in [-0.4, -0.2) is 44.5 Å². The Morgan fingerprint density at radius 2 is 1.27 bits per heavy atom. The van der Waals surface area contributed by atoms with Gasteiger partial charge in [-0.3, -0.25) is 9.59 Å². The maximum absolute atomic E-state index is 12.6. The summed E-state index contributed by atoms with van der Waals surface area (Å²) in [5.74, 6) is -0.0530. The summed E-state index contributed by atoms with van der Waals surface area (Å²) >= 11 is 0. The van der Waals surface area contributed by atoms with E-state index in [0.717, 1.165) is 45.1 Å². The van der Waals surface area contributed by atoms with Crippen LogP contribution in [0.1, 0.15) is 142 Å². The molecule has 0 saturated carbocycles. The van der Waals surface area contributed by atoms with Crippen molar-refractivity contribution in [3.05, 3.63) is 12.2 Å². The highest BCUT2D eigenvalue weighted by Crippen LogP contribution is 2.10. The molecule has 5 N–H and O–H groups in total. The molecule has 0 aliphatic rings. The molecular weight excluding hydrogens is 460 g/mol. The van der Waals surface area contributed by atoms with Gasteiger partial charge in [-0.15, -0.1) is 0 Å². The van der Waals surface area contributed by atoms with Crippen molar-refractivity contribution in [1.29, 1.82) is 0 Å². The Hall–Kier alpha value is -1.40. The van der Waals surface area contributed by atoms with Gasteiger partial charge in [0.25, 0.3) is 0 Å². The number of amides is 2. The predicted molar refractivity (Wildman–Crippen MR) is 160 cm³/mol. The Kier molecular flexibility index (Phi) is 28.1. The minimum absolute atomic E-state index is 0.00223. The first-order valence-electron chi connectivity index (χ1n) is 15.7. The number of hydrogen-bond donors (Lipinski definition) is 4. The molecule has 0 bridgehead atoms. The molecule has 0 radical (unpaired) electrons. The van der Waals surface area contributed by atoms with Crippen molar-refractivity contribution in [2.24, 2.45) is 5.73 Å². The minimum Gasteiger partial charge on any atom is -0.354 e. The third-order valence-corrected chi connectivity index (χ3v) is 6.92. The fraction of sp³-hybridized carbons (Fsp3) is 0.871. The van der Waals surface area contributed by atoms with E-state index in [1.54, 1.807) is 0 Å². The van der Waals surface area contributed by atoms with E-state index in [4.69, 9.17) is 5.73 Å². The summed E-state index contributed by atoms with van der Waals surface area (Å²) < 4.78 is 0.